The van der Waals surface area contributed by atoms with Gasteiger partial charge in [-0.1, -0.05) is 86.6 Å². The highest BCUT2D eigenvalue weighted by Gasteiger charge is 2.35. The first-order valence-electron chi connectivity index (χ1n) is 31.3. The molecule has 518 valence electrons. The number of H-pyrrole nitrogens is 1. The topological polar surface area (TPSA) is 538 Å². The van der Waals surface area contributed by atoms with E-state index in [9.17, 15) is 68.1 Å². The Morgan fingerprint density at radius 2 is 0.979 bits per heavy atom. The summed E-state index contributed by atoms with van der Waals surface area (Å²) in [6.07, 6.45) is 1.15. The Hall–Kier alpha value is -10.7. The molecule has 1 aromatic heterocycles. The highest BCUT2D eigenvalue weighted by molar-refractivity contribution is 5.99. The maximum atomic E-state index is 14.6. The lowest BCUT2D eigenvalue weighted by Crippen LogP contribution is -2.61. The monoisotopic (exact) mass is 1330 g/mol. The van der Waals surface area contributed by atoms with Crippen molar-refractivity contribution in [2.45, 2.75) is 139 Å². The summed E-state index contributed by atoms with van der Waals surface area (Å²) in [5.74, 6) is -10.7. The van der Waals surface area contributed by atoms with Gasteiger partial charge in [-0.05, 0) is 110 Å². The van der Waals surface area contributed by atoms with E-state index in [1.165, 1.54) is 36.4 Å². The molecule has 5 rings (SSSR count). The molecule has 31 nitrogen and oxygen atoms in total. The third-order valence-electron chi connectivity index (χ3n) is 15.2. The molecule has 0 aliphatic carbocycles. The normalized spacial score (nSPS) is 13.9. The summed E-state index contributed by atoms with van der Waals surface area (Å²) in [4.78, 5) is 155. The fourth-order valence-electron chi connectivity index (χ4n) is 10.2. The Kier molecular flexibility index (Phi) is 30.5. The van der Waals surface area contributed by atoms with Crippen molar-refractivity contribution in [1.82, 2.24) is 58.2 Å². The van der Waals surface area contributed by atoms with E-state index in [1.807, 2.05) is 0 Å². The van der Waals surface area contributed by atoms with Crippen LogP contribution >= 0.6 is 0 Å². The van der Waals surface area contributed by atoms with E-state index in [4.69, 9.17) is 34.1 Å². The molecule has 9 atom stereocenters. The van der Waals surface area contributed by atoms with Gasteiger partial charge < -0.3 is 102 Å². The van der Waals surface area contributed by atoms with Crippen LogP contribution in [0.15, 0.2) is 109 Å². The minimum Gasteiger partial charge on any atom is -0.508 e. The van der Waals surface area contributed by atoms with Crippen LogP contribution in [-0.4, -0.2) is 172 Å². The molecule has 0 bridgehead atoms. The third-order valence-corrected chi connectivity index (χ3v) is 15.2. The molecule has 0 aliphatic heterocycles. The highest BCUT2D eigenvalue weighted by atomic mass is 16.3. The minimum atomic E-state index is -1.77. The Morgan fingerprint density at radius 1 is 0.500 bits per heavy atom. The number of aliphatic hydroxyl groups is 1. The lowest BCUT2D eigenvalue weighted by molar-refractivity contribution is -0.136. The fraction of sp³-hybridized carbons (Fsp3) is 0.415. The largest absolute Gasteiger partial charge is 0.508 e. The zero-order valence-corrected chi connectivity index (χ0v) is 53.5. The zero-order valence-electron chi connectivity index (χ0n) is 53.5. The van der Waals surface area contributed by atoms with Crippen molar-refractivity contribution in [3.63, 3.8) is 0 Å². The van der Waals surface area contributed by atoms with E-state index >= 15 is 0 Å². The summed E-state index contributed by atoms with van der Waals surface area (Å²) in [6.45, 7) is 2.08. The van der Waals surface area contributed by atoms with Gasteiger partial charge in [-0.15, -0.1) is 0 Å². The molecule has 96 heavy (non-hydrogen) atoms. The number of aromatic amines is 1. The number of amides is 11. The number of carbonyl (C=O) groups is 11. The number of aliphatic hydroxyl groups excluding tert-OH is 1. The van der Waals surface area contributed by atoms with Crippen molar-refractivity contribution in [3.05, 3.63) is 132 Å². The Labute approximate surface area is 554 Å². The number of aromatic nitrogens is 1. The predicted molar refractivity (Wildman–Crippen MR) is 354 cm³/mol. The number of fused-ring (bicyclic) bond motifs is 1. The lowest BCUT2D eigenvalue weighted by atomic mass is 10.0. The van der Waals surface area contributed by atoms with Gasteiger partial charge in [0.1, 0.15) is 59.8 Å². The summed E-state index contributed by atoms with van der Waals surface area (Å²) < 4.78 is 0. The second-order valence-corrected chi connectivity index (χ2v) is 23.5. The summed E-state index contributed by atoms with van der Waals surface area (Å²) in [6, 6.07) is 14.2. The Morgan fingerprint density at radius 3 is 1.55 bits per heavy atom. The number of benzene rings is 4. The number of hydrogen-bond acceptors (Lipinski definition) is 17. The zero-order chi connectivity index (χ0) is 70.4. The molecule has 0 aliphatic rings. The number of para-hydroxylation sites is 1. The molecule has 31 heteroatoms. The van der Waals surface area contributed by atoms with Crippen LogP contribution in [0.3, 0.4) is 0 Å². The van der Waals surface area contributed by atoms with Crippen molar-refractivity contribution >= 4 is 81.8 Å². The van der Waals surface area contributed by atoms with Crippen LogP contribution in [0.1, 0.15) is 81.0 Å². The van der Waals surface area contributed by atoms with Crippen LogP contribution in [0.5, 0.6) is 11.5 Å². The highest BCUT2D eigenvalue weighted by Crippen LogP contribution is 2.21. The standard InChI is InChI=1S/C65H89N17O14/c1-36(2)27-49(61(93)77-47(16-10-26-72-65(70)71)59(91)78-48(56(69)88)29-39-19-23-42(85)24-20-39)75-55(87)34-74-58(90)50(30-37-11-4-3-5-12-37)80-64(96)53(35-83)82-60(92)46(15-8-9-25-66)76-62(94)51(31-40-33-73-45-14-7-6-13-43(40)45)81-63(95)52(32-54(68)86)79-57(89)44(67)28-38-17-21-41(84)22-18-38/h3-7,11-14,17-24,33,36,44,46-53,73,83-85H,8-10,15-16,25-32,34-35,66-67H2,1-2H3,(H2,68,86)(H2,69,88)(H,74,90)(H,75,87)(H,76,94)(H,77,93)(H,78,91)(H,79,89)(H,80,96)(H,81,95)(H,82,92)(H4,70,71,72)/t44-,46-,47-,48-,49-,50-,51-,52-,53-/m0/s1. The van der Waals surface area contributed by atoms with Crippen molar-refractivity contribution in [3.8, 4) is 11.5 Å². The van der Waals surface area contributed by atoms with Crippen molar-refractivity contribution < 1.29 is 68.1 Å². The molecule has 0 saturated carbocycles. The van der Waals surface area contributed by atoms with Gasteiger partial charge >= 0.3 is 0 Å². The van der Waals surface area contributed by atoms with Gasteiger partial charge in [-0.25, -0.2) is 0 Å². The minimum absolute atomic E-state index is 0.0187. The van der Waals surface area contributed by atoms with E-state index in [0.717, 1.165) is 0 Å². The molecule has 4 aromatic carbocycles. The molecule has 25 N–H and O–H groups in total. The molecule has 0 radical (unpaired) electrons. The van der Waals surface area contributed by atoms with E-state index in [-0.39, 0.29) is 94.3 Å². The summed E-state index contributed by atoms with van der Waals surface area (Å²) in [5.41, 5.74) is 31.5. The summed E-state index contributed by atoms with van der Waals surface area (Å²) in [5, 5.41) is 63.8. The van der Waals surface area contributed by atoms with Crippen molar-refractivity contribution in [1.29, 1.82) is 5.41 Å². The maximum absolute atomic E-state index is 14.6. The molecular formula is C65H89N17O14. The molecule has 0 unspecified atom stereocenters. The van der Waals surface area contributed by atoms with Crippen LogP contribution in [0.25, 0.3) is 10.9 Å². The number of hydrogen-bond donors (Lipinski definition) is 20. The molecule has 5 aromatic rings. The number of nitrogens with one attached hydrogen (secondary N) is 12. The SMILES string of the molecule is CC(C)C[C@H](NC(=O)CNC(=O)[C@H](Cc1ccccc1)NC(=O)[C@H](CO)NC(=O)[C@H](CCCCN)NC(=O)[C@H](Cc1c[nH]c2ccccc12)NC(=O)[C@H](CC(N)=O)NC(=O)[C@@H](N)Cc1ccc(O)cc1)C(=O)N[C@@H](CCCNC(=N)N)C(=O)N[C@@H](Cc1ccc(O)cc1)C(N)=O. The molecular weight excluding hydrogens is 1240 g/mol. The number of nitrogens with two attached hydrogens (primary N) is 5. The van der Waals surface area contributed by atoms with Crippen LogP contribution < -0.4 is 81.8 Å². The van der Waals surface area contributed by atoms with Gasteiger partial charge in [0.05, 0.1) is 25.6 Å². The Bertz CT molecular complexity index is 3460. The van der Waals surface area contributed by atoms with Gasteiger partial charge in [0, 0.05) is 42.9 Å². The van der Waals surface area contributed by atoms with Gasteiger partial charge in [-0.3, -0.25) is 58.1 Å². The van der Waals surface area contributed by atoms with Gasteiger partial charge in [0.25, 0.3) is 0 Å². The first-order chi connectivity index (χ1) is 45.7. The number of rotatable bonds is 40. The number of primary amides is 2. The smallest absolute Gasteiger partial charge is 0.245 e. The van der Waals surface area contributed by atoms with Gasteiger partial charge in [-0.2, -0.15) is 0 Å². The number of phenols is 2. The number of guanidine groups is 1. The van der Waals surface area contributed by atoms with E-state index in [1.54, 1.807) is 86.8 Å². The lowest BCUT2D eigenvalue weighted by Gasteiger charge is -2.27. The first kappa shape index (κ1) is 76.1. The van der Waals surface area contributed by atoms with Gasteiger partial charge in [0.15, 0.2) is 5.96 Å². The van der Waals surface area contributed by atoms with Crippen molar-refractivity contribution in [2.24, 2.45) is 34.6 Å². The second-order valence-electron chi connectivity index (χ2n) is 23.5. The first-order valence-corrected chi connectivity index (χ1v) is 31.3. The number of carbonyl (C=O) groups excluding carboxylic acids is 11. The van der Waals surface area contributed by atoms with Crippen LogP contribution in [0.4, 0.5) is 0 Å². The van der Waals surface area contributed by atoms with E-state index in [0.29, 0.717) is 39.6 Å². The summed E-state index contributed by atoms with van der Waals surface area (Å²) >= 11 is 0. The molecule has 0 spiro atoms. The summed E-state index contributed by atoms with van der Waals surface area (Å²) in [7, 11) is 0. The van der Waals surface area contributed by atoms with Crippen LogP contribution in [0, 0.1) is 11.3 Å². The van der Waals surface area contributed by atoms with Crippen molar-refractivity contribution in [2.75, 3.05) is 26.2 Å². The fourth-order valence-corrected chi connectivity index (χ4v) is 10.2. The quantitative estimate of drug-likeness (QED) is 0.0105. The van der Waals surface area contributed by atoms with E-state index < -0.39 is 139 Å². The Balaban J connectivity index is 1.31. The maximum Gasteiger partial charge on any atom is 0.245 e. The second kappa shape index (κ2) is 38.5. The number of phenolic OH excluding ortho intramolecular Hbond substituents is 2. The molecule has 1 heterocycles. The number of aromatic hydroxyl groups is 2. The van der Waals surface area contributed by atoms with Crippen LogP contribution in [-0.2, 0) is 78.4 Å². The van der Waals surface area contributed by atoms with E-state index in [2.05, 4.69) is 58.2 Å². The molecule has 0 fully saturated rings. The van der Waals surface area contributed by atoms with Crippen LogP contribution in [0.2, 0.25) is 0 Å². The molecule has 0 saturated heterocycles. The van der Waals surface area contributed by atoms with Gasteiger partial charge in [0.2, 0.25) is 65.0 Å². The average molecular weight is 1330 g/mol. The predicted octanol–water partition coefficient (Wildman–Crippen LogP) is -3.04. The molecule has 11 amide bonds. The number of unbranched alkanes of at least 4 members (excludes halogenated alkanes) is 1. The average Bonchev–Trinajstić information content (AvgIpc) is 1.65. The third kappa shape index (κ3) is 25.7.